The van der Waals surface area contributed by atoms with Gasteiger partial charge in [0.15, 0.2) is 0 Å². The van der Waals surface area contributed by atoms with Crippen molar-refractivity contribution in [1.82, 2.24) is 10.2 Å². The van der Waals surface area contributed by atoms with E-state index in [4.69, 9.17) is 5.73 Å². The molecular weight excluding hydrogens is 340 g/mol. The molecular formula is C15H21F2N3O3S. The molecule has 2 rings (SSSR count). The predicted molar refractivity (Wildman–Crippen MR) is 86.4 cm³/mol. The smallest absolute Gasteiger partial charge is 0.387 e. The molecule has 1 unspecified atom stereocenters. The van der Waals surface area contributed by atoms with Gasteiger partial charge in [-0.15, -0.1) is 11.3 Å². The molecule has 0 aliphatic carbocycles. The molecule has 6 nitrogen and oxygen atoms in total. The highest BCUT2D eigenvalue weighted by Crippen LogP contribution is 2.32. The standard InChI is InChI=1S/C15H21F2N3O3S/c1-9-7-11(23-15(16)17)12(24-9)14(22)20-6-2-3-10(8-20)13(21)19-5-4-18/h7,10,15H,2-6,8,18H2,1H3,(H,19,21). The highest BCUT2D eigenvalue weighted by molar-refractivity contribution is 7.14. The molecule has 0 bridgehead atoms. The fourth-order valence-electron chi connectivity index (χ4n) is 2.68. The second kappa shape index (κ2) is 8.39. The van der Waals surface area contributed by atoms with Gasteiger partial charge in [-0.1, -0.05) is 0 Å². The largest absolute Gasteiger partial charge is 0.433 e. The maximum absolute atomic E-state index is 12.7. The van der Waals surface area contributed by atoms with Crippen molar-refractivity contribution in [2.24, 2.45) is 11.7 Å². The summed E-state index contributed by atoms with van der Waals surface area (Å²) in [5, 5.41) is 2.72. The third kappa shape index (κ3) is 4.64. The number of nitrogens with zero attached hydrogens (tertiary/aromatic N) is 1. The van der Waals surface area contributed by atoms with Crippen molar-refractivity contribution in [2.45, 2.75) is 26.4 Å². The van der Waals surface area contributed by atoms with Gasteiger partial charge >= 0.3 is 6.61 Å². The number of carbonyl (C=O) groups excluding carboxylic acids is 2. The number of thiophene rings is 1. The average Bonchev–Trinajstić information content (AvgIpc) is 2.91. The number of carbonyl (C=O) groups is 2. The Balaban J connectivity index is 2.08. The van der Waals surface area contributed by atoms with Gasteiger partial charge in [-0.25, -0.2) is 0 Å². The Bertz CT molecular complexity index is 595. The Morgan fingerprint density at radius 2 is 2.29 bits per heavy atom. The highest BCUT2D eigenvalue weighted by Gasteiger charge is 2.31. The average molecular weight is 361 g/mol. The summed E-state index contributed by atoms with van der Waals surface area (Å²) in [7, 11) is 0. The number of halogens is 2. The second-order valence-corrected chi connectivity index (χ2v) is 6.86. The molecule has 1 fully saturated rings. The van der Waals surface area contributed by atoms with Crippen LogP contribution in [-0.4, -0.2) is 49.5 Å². The zero-order valence-electron chi connectivity index (χ0n) is 13.4. The molecule has 2 amide bonds. The molecule has 0 saturated carbocycles. The minimum Gasteiger partial charge on any atom is -0.433 e. The number of rotatable bonds is 6. The van der Waals surface area contributed by atoms with E-state index in [1.165, 1.54) is 11.0 Å². The summed E-state index contributed by atoms with van der Waals surface area (Å²) >= 11 is 1.11. The summed E-state index contributed by atoms with van der Waals surface area (Å²) in [6.07, 6.45) is 1.37. The van der Waals surface area contributed by atoms with Crippen LogP contribution in [0.15, 0.2) is 6.07 Å². The number of nitrogens with two attached hydrogens (primary N) is 1. The molecule has 9 heteroatoms. The van der Waals surface area contributed by atoms with E-state index in [-0.39, 0.29) is 34.9 Å². The summed E-state index contributed by atoms with van der Waals surface area (Å²) in [5.74, 6) is -0.925. The van der Waals surface area contributed by atoms with Crippen LogP contribution in [-0.2, 0) is 4.79 Å². The summed E-state index contributed by atoms with van der Waals surface area (Å²) in [6.45, 7) is 0.231. The van der Waals surface area contributed by atoms with E-state index < -0.39 is 6.61 Å². The Kier molecular flexibility index (Phi) is 6.50. The van der Waals surface area contributed by atoms with E-state index in [0.29, 0.717) is 37.4 Å². The second-order valence-electron chi connectivity index (χ2n) is 5.60. The number of nitrogens with one attached hydrogen (secondary N) is 1. The van der Waals surface area contributed by atoms with Gasteiger partial charge in [-0.2, -0.15) is 8.78 Å². The van der Waals surface area contributed by atoms with E-state index in [0.717, 1.165) is 11.3 Å². The van der Waals surface area contributed by atoms with Crippen molar-refractivity contribution >= 4 is 23.2 Å². The first-order chi connectivity index (χ1) is 11.4. The van der Waals surface area contributed by atoms with E-state index in [1.54, 1.807) is 6.92 Å². The molecule has 1 atom stereocenters. The summed E-state index contributed by atoms with van der Waals surface area (Å²) in [4.78, 5) is 27.1. The molecule has 3 N–H and O–H groups in total. The molecule has 1 aromatic rings. The number of hydrogen-bond donors (Lipinski definition) is 2. The van der Waals surface area contributed by atoms with Gasteiger partial charge in [0.25, 0.3) is 5.91 Å². The van der Waals surface area contributed by atoms with Crippen LogP contribution in [0.5, 0.6) is 5.75 Å². The fraction of sp³-hybridized carbons (Fsp3) is 0.600. The van der Waals surface area contributed by atoms with Crippen molar-refractivity contribution in [3.8, 4) is 5.75 Å². The van der Waals surface area contributed by atoms with Crippen LogP contribution in [0.25, 0.3) is 0 Å². The molecule has 0 spiro atoms. The fourth-order valence-corrected chi connectivity index (χ4v) is 3.59. The van der Waals surface area contributed by atoms with Crippen LogP contribution in [0.3, 0.4) is 0 Å². The van der Waals surface area contributed by atoms with E-state index in [2.05, 4.69) is 10.1 Å². The molecule has 1 saturated heterocycles. The first-order valence-corrected chi connectivity index (χ1v) is 8.56. The van der Waals surface area contributed by atoms with Crippen LogP contribution in [0.1, 0.15) is 27.4 Å². The number of hydrogen-bond acceptors (Lipinski definition) is 5. The SMILES string of the molecule is Cc1cc(OC(F)F)c(C(=O)N2CCCC(C(=O)NCCN)C2)s1. The van der Waals surface area contributed by atoms with Crippen LogP contribution in [0.4, 0.5) is 8.78 Å². The Hall–Kier alpha value is -1.74. The van der Waals surface area contributed by atoms with Crippen molar-refractivity contribution in [3.05, 3.63) is 15.8 Å². The molecule has 1 aliphatic rings. The number of aryl methyl sites for hydroxylation is 1. The number of amides is 2. The summed E-state index contributed by atoms with van der Waals surface area (Å²) in [6, 6.07) is 1.43. The maximum atomic E-state index is 12.7. The number of likely N-dealkylation sites (tertiary alicyclic amines) is 1. The number of piperidine rings is 1. The minimum absolute atomic E-state index is 0.104. The first-order valence-electron chi connectivity index (χ1n) is 7.74. The van der Waals surface area contributed by atoms with E-state index in [9.17, 15) is 18.4 Å². The topological polar surface area (TPSA) is 84.7 Å². The molecule has 1 aliphatic heterocycles. The lowest BCUT2D eigenvalue weighted by Crippen LogP contribution is -2.46. The first kappa shape index (κ1) is 18.6. The Morgan fingerprint density at radius 1 is 1.54 bits per heavy atom. The van der Waals surface area contributed by atoms with Crippen LogP contribution in [0, 0.1) is 12.8 Å². The Labute approximate surface area is 142 Å². The van der Waals surface area contributed by atoms with E-state index in [1.807, 2.05) is 0 Å². The van der Waals surface area contributed by atoms with Gasteiger partial charge in [0, 0.05) is 31.1 Å². The van der Waals surface area contributed by atoms with Crippen molar-refractivity contribution in [2.75, 3.05) is 26.2 Å². The van der Waals surface area contributed by atoms with Gasteiger partial charge in [0.2, 0.25) is 5.91 Å². The monoisotopic (exact) mass is 361 g/mol. The minimum atomic E-state index is -2.98. The predicted octanol–water partition coefficient (Wildman–Crippen LogP) is 1.59. The highest BCUT2D eigenvalue weighted by atomic mass is 32.1. The van der Waals surface area contributed by atoms with Crippen LogP contribution >= 0.6 is 11.3 Å². The van der Waals surface area contributed by atoms with Crippen LogP contribution < -0.4 is 15.8 Å². The normalized spacial score (nSPS) is 17.9. The lowest BCUT2D eigenvalue weighted by molar-refractivity contribution is -0.126. The zero-order valence-corrected chi connectivity index (χ0v) is 14.2. The lowest BCUT2D eigenvalue weighted by atomic mass is 9.97. The van der Waals surface area contributed by atoms with Gasteiger partial charge in [-0.05, 0) is 25.8 Å². The summed E-state index contributed by atoms with van der Waals surface area (Å²) < 4.78 is 29.4. The van der Waals surface area contributed by atoms with Crippen molar-refractivity contribution in [1.29, 1.82) is 0 Å². The molecule has 1 aromatic heterocycles. The molecule has 0 aromatic carbocycles. The molecule has 2 heterocycles. The number of ether oxygens (including phenoxy) is 1. The van der Waals surface area contributed by atoms with Gasteiger partial charge in [-0.3, -0.25) is 9.59 Å². The Morgan fingerprint density at radius 3 is 2.96 bits per heavy atom. The quantitative estimate of drug-likeness (QED) is 0.806. The van der Waals surface area contributed by atoms with Gasteiger partial charge in [0.1, 0.15) is 10.6 Å². The zero-order chi connectivity index (χ0) is 17.7. The summed E-state index contributed by atoms with van der Waals surface area (Å²) in [5.41, 5.74) is 5.36. The molecule has 0 radical (unpaired) electrons. The maximum Gasteiger partial charge on any atom is 0.387 e. The molecule has 134 valence electrons. The third-order valence-corrected chi connectivity index (χ3v) is 4.77. The van der Waals surface area contributed by atoms with Crippen molar-refractivity contribution in [3.63, 3.8) is 0 Å². The van der Waals surface area contributed by atoms with E-state index >= 15 is 0 Å². The lowest BCUT2D eigenvalue weighted by Gasteiger charge is -2.32. The number of alkyl halides is 2. The van der Waals surface area contributed by atoms with Gasteiger partial charge in [0.05, 0.1) is 5.92 Å². The van der Waals surface area contributed by atoms with Crippen molar-refractivity contribution < 1.29 is 23.1 Å². The molecule has 24 heavy (non-hydrogen) atoms. The third-order valence-electron chi connectivity index (χ3n) is 3.75. The van der Waals surface area contributed by atoms with Crippen LogP contribution in [0.2, 0.25) is 0 Å². The van der Waals surface area contributed by atoms with Gasteiger partial charge < -0.3 is 20.7 Å².